The molecule has 21 heavy (non-hydrogen) atoms. The minimum absolute atomic E-state index is 0.0576. The van der Waals surface area contributed by atoms with E-state index in [1.807, 2.05) is 32.0 Å². The number of methoxy groups -OCH3 is 1. The zero-order valence-electron chi connectivity index (χ0n) is 12.0. The van der Waals surface area contributed by atoms with Crippen LogP contribution in [0, 0.1) is 17.4 Å². The van der Waals surface area contributed by atoms with Crippen LogP contribution in [0.5, 0.6) is 5.75 Å². The van der Waals surface area contributed by atoms with Crippen LogP contribution in [0.2, 0.25) is 0 Å². The van der Waals surface area contributed by atoms with Crippen molar-refractivity contribution in [3.63, 3.8) is 0 Å². The van der Waals surface area contributed by atoms with Crippen LogP contribution < -0.4 is 4.74 Å². The van der Waals surface area contributed by atoms with E-state index in [1.54, 1.807) is 13.3 Å². The fourth-order valence-electron chi connectivity index (χ4n) is 2.21. The highest BCUT2D eigenvalue weighted by Gasteiger charge is 2.16. The summed E-state index contributed by atoms with van der Waals surface area (Å²) in [5.41, 5.74) is 3.38. The molecule has 0 atom stereocenters. The monoisotopic (exact) mass is 459 g/mol. The zero-order chi connectivity index (χ0) is 15.6. The molecule has 5 heteroatoms. The Balaban J connectivity index is 2.34. The van der Waals surface area contributed by atoms with E-state index in [-0.39, 0.29) is 12.2 Å². The molecule has 1 aromatic carbocycles. The molecule has 2 aromatic rings. The lowest BCUT2D eigenvalue weighted by molar-refractivity contribution is 0.0990. The van der Waals surface area contributed by atoms with Crippen molar-refractivity contribution < 1.29 is 9.53 Å². The Bertz CT molecular complexity index is 701. The number of carbonyl (C=O) groups is 1. The Morgan fingerprint density at radius 2 is 2.10 bits per heavy atom. The number of pyridine rings is 1. The maximum Gasteiger partial charge on any atom is 0.169 e. The smallest absolute Gasteiger partial charge is 0.169 e. The van der Waals surface area contributed by atoms with E-state index in [1.165, 1.54) is 0 Å². The molecule has 0 fully saturated rings. The van der Waals surface area contributed by atoms with E-state index in [2.05, 4.69) is 43.5 Å². The maximum absolute atomic E-state index is 12.5. The molecule has 0 unspecified atom stereocenters. The molecule has 2 rings (SSSR count). The standard InChI is InChI=1S/C16H15BrINO2/c1-9-8-19-14(10(2)16(9)21-3)7-15(20)12-6-11(17)4-5-13(12)18/h4-6,8H,7H2,1-3H3. The highest BCUT2D eigenvalue weighted by molar-refractivity contribution is 14.1. The Morgan fingerprint density at radius 1 is 1.38 bits per heavy atom. The second-order valence-corrected chi connectivity index (χ2v) is 6.85. The SMILES string of the molecule is COc1c(C)cnc(CC(=O)c2cc(Br)ccc2I)c1C. The summed E-state index contributed by atoms with van der Waals surface area (Å²) in [6.45, 7) is 3.88. The van der Waals surface area contributed by atoms with E-state index in [4.69, 9.17) is 4.74 Å². The van der Waals surface area contributed by atoms with Gasteiger partial charge in [-0.1, -0.05) is 15.9 Å². The summed E-state index contributed by atoms with van der Waals surface area (Å²) in [5, 5.41) is 0. The molecule has 0 amide bonds. The first-order valence-corrected chi connectivity index (χ1v) is 8.28. The van der Waals surface area contributed by atoms with Crippen molar-refractivity contribution in [1.82, 2.24) is 4.98 Å². The van der Waals surface area contributed by atoms with Crippen molar-refractivity contribution >= 4 is 44.3 Å². The number of hydrogen-bond donors (Lipinski definition) is 0. The van der Waals surface area contributed by atoms with Crippen LogP contribution in [-0.2, 0) is 6.42 Å². The number of carbonyl (C=O) groups excluding carboxylic acids is 1. The average Bonchev–Trinajstić information content (AvgIpc) is 2.45. The molecule has 0 saturated heterocycles. The highest BCUT2D eigenvalue weighted by atomic mass is 127. The normalized spacial score (nSPS) is 10.5. The van der Waals surface area contributed by atoms with Crippen LogP contribution in [0.3, 0.4) is 0 Å². The van der Waals surface area contributed by atoms with Gasteiger partial charge in [0.15, 0.2) is 5.78 Å². The van der Waals surface area contributed by atoms with E-state index in [0.29, 0.717) is 5.56 Å². The first kappa shape index (κ1) is 16.4. The highest BCUT2D eigenvalue weighted by Crippen LogP contribution is 2.26. The quantitative estimate of drug-likeness (QED) is 0.499. The Morgan fingerprint density at radius 3 is 2.76 bits per heavy atom. The van der Waals surface area contributed by atoms with Crippen molar-refractivity contribution in [2.45, 2.75) is 20.3 Å². The third kappa shape index (κ3) is 3.63. The lowest BCUT2D eigenvalue weighted by Gasteiger charge is -2.12. The predicted molar refractivity (Wildman–Crippen MR) is 95.2 cm³/mol. The zero-order valence-corrected chi connectivity index (χ0v) is 15.8. The van der Waals surface area contributed by atoms with Gasteiger partial charge in [0, 0.05) is 30.9 Å². The van der Waals surface area contributed by atoms with Crippen molar-refractivity contribution in [3.8, 4) is 5.75 Å². The summed E-state index contributed by atoms with van der Waals surface area (Å²) in [6, 6.07) is 5.70. The van der Waals surface area contributed by atoms with Gasteiger partial charge in [0.1, 0.15) is 5.75 Å². The van der Waals surface area contributed by atoms with Gasteiger partial charge >= 0.3 is 0 Å². The van der Waals surface area contributed by atoms with Crippen LogP contribution in [0.1, 0.15) is 27.2 Å². The van der Waals surface area contributed by atoms with Gasteiger partial charge in [-0.3, -0.25) is 9.78 Å². The number of halogens is 2. The summed E-state index contributed by atoms with van der Waals surface area (Å²) in [4.78, 5) is 16.9. The van der Waals surface area contributed by atoms with Crippen molar-refractivity contribution in [2.75, 3.05) is 7.11 Å². The Hall–Kier alpha value is -0.950. The Labute approximate surface area is 146 Å². The van der Waals surface area contributed by atoms with Gasteiger partial charge in [0.05, 0.1) is 19.2 Å². The van der Waals surface area contributed by atoms with Gasteiger partial charge in [0.2, 0.25) is 0 Å². The first-order valence-electron chi connectivity index (χ1n) is 6.41. The van der Waals surface area contributed by atoms with Crippen LogP contribution in [-0.4, -0.2) is 17.9 Å². The molecule has 0 aliphatic rings. The number of ketones is 1. The number of benzene rings is 1. The van der Waals surface area contributed by atoms with Gasteiger partial charge in [-0.05, 0) is 54.6 Å². The second-order valence-electron chi connectivity index (χ2n) is 4.77. The fourth-order valence-corrected chi connectivity index (χ4v) is 3.21. The molecule has 1 aromatic heterocycles. The fraction of sp³-hybridized carbons (Fsp3) is 0.250. The largest absolute Gasteiger partial charge is 0.496 e. The summed E-state index contributed by atoms with van der Waals surface area (Å²) in [6.07, 6.45) is 2.02. The lowest BCUT2D eigenvalue weighted by atomic mass is 10.0. The van der Waals surface area contributed by atoms with E-state index in [9.17, 15) is 4.79 Å². The maximum atomic E-state index is 12.5. The molecule has 0 N–H and O–H groups in total. The second kappa shape index (κ2) is 6.87. The van der Waals surface area contributed by atoms with Gasteiger partial charge in [-0.25, -0.2) is 0 Å². The number of aromatic nitrogens is 1. The van der Waals surface area contributed by atoms with Crippen LogP contribution in [0.4, 0.5) is 0 Å². The minimum atomic E-state index is 0.0576. The molecule has 0 aliphatic heterocycles. The predicted octanol–water partition coefficient (Wildman–Crippen LogP) is 4.50. The summed E-state index contributed by atoms with van der Waals surface area (Å²) in [5.74, 6) is 0.860. The molecule has 3 nitrogen and oxygen atoms in total. The number of Topliss-reactive ketones (excluding diaryl/α,β-unsaturated/α-hetero) is 1. The molecule has 0 bridgehead atoms. The topological polar surface area (TPSA) is 39.2 Å². The minimum Gasteiger partial charge on any atom is -0.496 e. The van der Waals surface area contributed by atoms with E-state index < -0.39 is 0 Å². The van der Waals surface area contributed by atoms with E-state index >= 15 is 0 Å². The number of ether oxygens (including phenoxy) is 1. The molecule has 0 radical (unpaired) electrons. The van der Waals surface area contributed by atoms with Crippen LogP contribution >= 0.6 is 38.5 Å². The number of hydrogen-bond acceptors (Lipinski definition) is 3. The number of aryl methyl sites for hydroxylation is 1. The van der Waals surface area contributed by atoms with Gasteiger partial charge < -0.3 is 4.74 Å². The molecule has 110 valence electrons. The number of nitrogens with zero attached hydrogens (tertiary/aromatic N) is 1. The van der Waals surface area contributed by atoms with Gasteiger partial charge in [-0.2, -0.15) is 0 Å². The van der Waals surface area contributed by atoms with Crippen molar-refractivity contribution in [2.24, 2.45) is 0 Å². The first-order chi connectivity index (χ1) is 9.93. The van der Waals surface area contributed by atoms with Crippen molar-refractivity contribution in [3.05, 3.63) is 54.8 Å². The average molecular weight is 460 g/mol. The molecule has 0 saturated carbocycles. The summed E-state index contributed by atoms with van der Waals surface area (Å²) < 4.78 is 7.23. The molecule has 0 spiro atoms. The van der Waals surface area contributed by atoms with Crippen LogP contribution in [0.15, 0.2) is 28.9 Å². The molecule has 1 heterocycles. The third-order valence-corrected chi connectivity index (χ3v) is 4.74. The Kier molecular flexibility index (Phi) is 5.37. The van der Waals surface area contributed by atoms with Crippen molar-refractivity contribution in [1.29, 1.82) is 0 Å². The van der Waals surface area contributed by atoms with Crippen LogP contribution in [0.25, 0.3) is 0 Å². The van der Waals surface area contributed by atoms with Gasteiger partial charge in [0.25, 0.3) is 0 Å². The summed E-state index contributed by atoms with van der Waals surface area (Å²) >= 11 is 5.58. The number of rotatable bonds is 4. The van der Waals surface area contributed by atoms with E-state index in [0.717, 1.165) is 30.6 Å². The molecular weight excluding hydrogens is 445 g/mol. The summed E-state index contributed by atoms with van der Waals surface area (Å²) in [7, 11) is 1.64. The van der Waals surface area contributed by atoms with Gasteiger partial charge in [-0.15, -0.1) is 0 Å². The third-order valence-electron chi connectivity index (χ3n) is 3.31. The lowest BCUT2D eigenvalue weighted by Crippen LogP contribution is -2.09. The molecular formula is C16H15BrINO2. The molecule has 0 aliphatic carbocycles.